The Kier molecular flexibility index (Phi) is 5.39. The van der Waals surface area contributed by atoms with E-state index >= 15 is 0 Å². The minimum Gasteiger partial charge on any atom is -0.467 e. The van der Waals surface area contributed by atoms with Crippen molar-refractivity contribution in [3.63, 3.8) is 0 Å². The van der Waals surface area contributed by atoms with Crippen molar-refractivity contribution in [3.8, 4) is 0 Å². The van der Waals surface area contributed by atoms with Gasteiger partial charge in [-0.3, -0.25) is 0 Å². The molecule has 0 aliphatic heterocycles. The second-order valence-corrected chi connectivity index (χ2v) is 6.77. The molecule has 22 heavy (non-hydrogen) atoms. The van der Waals surface area contributed by atoms with E-state index in [1.165, 1.54) is 7.11 Å². The SMILES string of the molecule is COC(=O)[C@H](C)NC(=O)N(Cc1csc(C(C)C)n1)C1CC1. The predicted molar refractivity (Wildman–Crippen MR) is 84.8 cm³/mol. The third-order valence-electron chi connectivity index (χ3n) is 3.54. The molecular formula is C15H23N3O3S. The second-order valence-electron chi connectivity index (χ2n) is 5.89. The molecule has 0 aromatic carbocycles. The summed E-state index contributed by atoms with van der Waals surface area (Å²) in [5, 5.41) is 5.77. The lowest BCUT2D eigenvalue weighted by molar-refractivity contribution is -0.142. The lowest BCUT2D eigenvalue weighted by Crippen LogP contribution is -2.47. The predicted octanol–water partition coefficient (Wildman–Crippen LogP) is 2.50. The van der Waals surface area contributed by atoms with E-state index in [4.69, 9.17) is 0 Å². The van der Waals surface area contributed by atoms with E-state index in [-0.39, 0.29) is 12.1 Å². The molecule has 2 rings (SSSR count). The van der Waals surface area contributed by atoms with Gasteiger partial charge in [0.2, 0.25) is 0 Å². The number of thiazole rings is 1. The first-order chi connectivity index (χ1) is 10.4. The minimum absolute atomic E-state index is 0.237. The number of methoxy groups -OCH3 is 1. The first kappa shape index (κ1) is 16.7. The van der Waals surface area contributed by atoms with Crippen LogP contribution in [0, 0.1) is 0 Å². The van der Waals surface area contributed by atoms with Crippen molar-refractivity contribution < 1.29 is 14.3 Å². The number of hydrogen-bond donors (Lipinski definition) is 1. The van der Waals surface area contributed by atoms with Gasteiger partial charge in [0.1, 0.15) is 6.04 Å². The number of nitrogens with one attached hydrogen (secondary N) is 1. The highest BCUT2D eigenvalue weighted by Crippen LogP contribution is 2.29. The largest absolute Gasteiger partial charge is 0.467 e. The number of carbonyl (C=O) groups excluding carboxylic acids is 2. The zero-order valence-corrected chi connectivity index (χ0v) is 14.3. The van der Waals surface area contributed by atoms with Crippen LogP contribution in [0.2, 0.25) is 0 Å². The maximum absolute atomic E-state index is 12.4. The van der Waals surface area contributed by atoms with Crippen molar-refractivity contribution in [2.24, 2.45) is 0 Å². The van der Waals surface area contributed by atoms with Crippen molar-refractivity contribution in [3.05, 3.63) is 16.1 Å². The molecule has 0 radical (unpaired) electrons. The molecule has 1 heterocycles. The highest BCUT2D eigenvalue weighted by Gasteiger charge is 2.34. The molecule has 1 aromatic rings. The van der Waals surface area contributed by atoms with Crippen molar-refractivity contribution in [2.45, 2.75) is 58.2 Å². The lowest BCUT2D eigenvalue weighted by Gasteiger charge is -2.23. The maximum Gasteiger partial charge on any atom is 0.328 e. The Morgan fingerprint density at radius 1 is 1.45 bits per heavy atom. The van der Waals surface area contributed by atoms with E-state index in [0.717, 1.165) is 23.5 Å². The van der Waals surface area contributed by atoms with Gasteiger partial charge in [0.15, 0.2) is 0 Å². The van der Waals surface area contributed by atoms with Crippen molar-refractivity contribution in [2.75, 3.05) is 7.11 Å². The fourth-order valence-corrected chi connectivity index (χ4v) is 2.92. The molecule has 0 unspecified atom stereocenters. The molecule has 1 fully saturated rings. The molecule has 6 nitrogen and oxygen atoms in total. The highest BCUT2D eigenvalue weighted by atomic mass is 32.1. The van der Waals surface area contributed by atoms with Gasteiger partial charge in [-0.2, -0.15) is 0 Å². The minimum atomic E-state index is -0.652. The van der Waals surface area contributed by atoms with Crippen LogP contribution in [0.5, 0.6) is 0 Å². The highest BCUT2D eigenvalue weighted by molar-refractivity contribution is 7.09. The average molecular weight is 325 g/mol. The second kappa shape index (κ2) is 7.09. The molecule has 0 saturated heterocycles. The number of urea groups is 1. The molecule has 0 bridgehead atoms. The smallest absolute Gasteiger partial charge is 0.328 e. The zero-order valence-electron chi connectivity index (χ0n) is 13.5. The van der Waals surface area contributed by atoms with Gasteiger partial charge in [-0.1, -0.05) is 13.8 Å². The van der Waals surface area contributed by atoms with Crippen LogP contribution in [-0.4, -0.2) is 41.1 Å². The van der Waals surface area contributed by atoms with Crippen LogP contribution in [-0.2, 0) is 16.1 Å². The van der Waals surface area contributed by atoms with Crippen LogP contribution in [0.25, 0.3) is 0 Å². The summed E-state index contributed by atoms with van der Waals surface area (Å²) < 4.78 is 4.63. The van der Waals surface area contributed by atoms with E-state index in [0.29, 0.717) is 12.5 Å². The van der Waals surface area contributed by atoms with Crippen molar-refractivity contribution >= 4 is 23.3 Å². The van der Waals surface area contributed by atoms with Gasteiger partial charge in [-0.05, 0) is 19.8 Å². The van der Waals surface area contributed by atoms with Gasteiger partial charge >= 0.3 is 12.0 Å². The maximum atomic E-state index is 12.4. The number of hydrogen-bond acceptors (Lipinski definition) is 5. The topological polar surface area (TPSA) is 71.5 Å². The van der Waals surface area contributed by atoms with Gasteiger partial charge in [0.05, 0.1) is 24.4 Å². The molecule has 0 spiro atoms. The van der Waals surface area contributed by atoms with Crippen LogP contribution < -0.4 is 5.32 Å². The van der Waals surface area contributed by atoms with Crippen LogP contribution in [0.15, 0.2) is 5.38 Å². The molecule has 1 aromatic heterocycles. The van der Waals surface area contributed by atoms with Crippen molar-refractivity contribution in [1.29, 1.82) is 0 Å². The number of ether oxygens (including phenoxy) is 1. The summed E-state index contributed by atoms with van der Waals surface area (Å²) in [4.78, 5) is 30.1. The lowest BCUT2D eigenvalue weighted by atomic mass is 10.2. The van der Waals surface area contributed by atoms with Gasteiger partial charge in [0.25, 0.3) is 0 Å². The number of rotatable bonds is 6. The first-order valence-corrected chi connectivity index (χ1v) is 8.39. The summed E-state index contributed by atoms with van der Waals surface area (Å²) >= 11 is 1.62. The Balaban J connectivity index is 2.00. The Hall–Kier alpha value is -1.63. The van der Waals surface area contributed by atoms with Gasteiger partial charge in [0, 0.05) is 17.3 Å². The zero-order chi connectivity index (χ0) is 16.3. The fourth-order valence-electron chi connectivity index (χ4n) is 2.09. The average Bonchev–Trinajstić information content (AvgIpc) is 3.21. The Morgan fingerprint density at radius 3 is 2.64 bits per heavy atom. The summed E-state index contributed by atoms with van der Waals surface area (Å²) in [7, 11) is 1.31. The number of nitrogens with zero attached hydrogens (tertiary/aromatic N) is 2. The molecular weight excluding hydrogens is 302 g/mol. The quantitative estimate of drug-likeness (QED) is 0.816. The van der Waals surface area contributed by atoms with Crippen LogP contribution in [0.4, 0.5) is 4.79 Å². The number of aromatic nitrogens is 1. The molecule has 2 amide bonds. The van der Waals surface area contributed by atoms with Crippen molar-refractivity contribution in [1.82, 2.24) is 15.2 Å². The third kappa shape index (κ3) is 4.19. The molecule has 1 aliphatic carbocycles. The molecule has 1 aliphatic rings. The van der Waals surface area contributed by atoms with Crippen LogP contribution in [0.1, 0.15) is 50.2 Å². The number of esters is 1. The van der Waals surface area contributed by atoms with Gasteiger partial charge in [-0.15, -0.1) is 11.3 Å². The Bertz CT molecular complexity index is 540. The summed E-state index contributed by atoms with van der Waals surface area (Å²) in [6.45, 7) is 6.31. The fraction of sp³-hybridized carbons (Fsp3) is 0.667. The first-order valence-electron chi connectivity index (χ1n) is 7.51. The van der Waals surface area contributed by atoms with E-state index in [2.05, 4.69) is 28.9 Å². The number of amides is 2. The summed E-state index contributed by atoms with van der Waals surface area (Å²) in [6, 6.07) is -0.644. The summed E-state index contributed by atoms with van der Waals surface area (Å²) in [5.74, 6) is -0.0545. The molecule has 1 saturated carbocycles. The summed E-state index contributed by atoms with van der Waals surface area (Å²) in [5.41, 5.74) is 0.904. The molecule has 7 heteroatoms. The molecule has 1 atom stereocenters. The molecule has 1 N–H and O–H groups in total. The van der Waals surface area contributed by atoms with E-state index in [1.807, 2.05) is 5.38 Å². The Morgan fingerprint density at radius 2 is 2.14 bits per heavy atom. The third-order valence-corrected chi connectivity index (χ3v) is 4.73. The van der Waals surface area contributed by atoms with Crippen LogP contribution in [0.3, 0.4) is 0 Å². The normalized spacial score (nSPS) is 15.5. The van der Waals surface area contributed by atoms with Crippen LogP contribution >= 0.6 is 11.3 Å². The number of carbonyl (C=O) groups is 2. The summed E-state index contributed by atoms with van der Waals surface area (Å²) in [6.07, 6.45) is 2.00. The standard InChI is InChI=1S/C15H23N3O3S/c1-9(2)13-17-11(8-22-13)7-18(12-5-6-12)15(20)16-10(3)14(19)21-4/h8-10,12H,5-7H2,1-4H3,(H,16,20)/t10-/m0/s1. The van der Waals surface area contributed by atoms with E-state index < -0.39 is 12.0 Å². The molecule has 122 valence electrons. The van der Waals surface area contributed by atoms with Gasteiger partial charge in [-0.25, -0.2) is 14.6 Å². The van der Waals surface area contributed by atoms with Gasteiger partial charge < -0.3 is 15.0 Å². The van der Waals surface area contributed by atoms with E-state index in [1.54, 1.807) is 23.2 Å². The Labute approximate surface area is 134 Å². The van der Waals surface area contributed by atoms with E-state index in [9.17, 15) is 9.59 Å². The monoisotopic (exact) mass is 325 g/mol.